The van der Waals surface area contributed by atoms with Crippen LogP contribution in [0.4, 0.5) is 0 Å². The van der Waals surface area contributed by atoms with Crippen LogP contribution in [0.15, 0.2) is 115 Å². The van der Waals surface area contributed by atoms with E-state index in [0.717, 1.165) is 0 Å². The molecule has 0 atom stereocenters. The molecule has 0 amide bonds. The average molecular weight is 365 g/mol. The van der Waals surface area contributed by atoms with E-state index in [1.165, 1.54) is 0 Å². The normalized spacial score (nSPS) is 21.5. The Hall–Kier alpha value is -2.84. The van der Waals surface area contributed by atoms with Gasteiger partial charge in [0, 0.05) is 0 Å². The summed E-state index contributed by atoms with van der Waals surface area (Å²) in [5, 5.41) is -3.62. The van der Waals surface area contributed by atoms with Gasteiger partial charge < -0.3 is 0 Å². The van der Waals surface area contributed by atoms with E-state index in [1.54, 1.807) is 0 Å². The van der Waals surface area contributed by atoms with Crippen LogP contribution in [-0.4, -0.2) is 15.9 Å². The summed E-state index contributed by atoms with van der Waals surface area (Å²) in [5.74, 6) is 0. The molecular formula is C24H19BSi. The van der Waals surface area contributed by atoms with Crippen molar-refractivity contribution in [2.24, 2.45) is 0 Å². The maximum atomic E-state index is 8.98. The number of benzene rings is 4. The number of hydrogen-bond donors (Lipinski definition) is 0. The average Bonchev–Trinajstić information content (AvgIpc) is 3.00. The van der Waals surface area contributed by atoms with Crippen molar-refractivity contribution in [2.75, 3.05) is 0 Å². The molecule has 0 aromatic heterocycles. The van der Waals surface area contributed by atoms with E-state index in [0.29, 0.717) is 0 Å². The van der Waals surface area contributed by atoms with Gasteiger partial charge in [0.05, 0.1) is 26.0 Å². The summed E-state index contributed by atoms with van der Waals surface area (Å²) in [7, 11) is 0.261. The van der Waals surface area contributed by atoms with Crippen LogP contribution in [0, 0.1) is 0 Å². The third-order valence-corrected chi connectivity index (χ3v) is 7.64. The van der Waals surface area contributed by atoms with Crippen molar-refractivity contribution >= 4 is 42.1 Å². The number of hydrogen-bond acceptors (Lipinski definition) is 0. The minimum absolute atomic E-state index is 0.782. The molecule has 2 radical (unpaired) electrons. The van der Waals surface area contributed by atoms with E-state index in [-0.39, 0.29) is 0 Å². The Balaban J connectivity index is 2.69. The van der Waals surface area contributed by atoms with Crippen LogP contribution >= 0.6 is 0 Å². The van der Waals surface area contributed by atoms with Crippen molar-refractivity contribution in [1.82, 2.24) is 0 Å². The maximum Gasteiger partial charge on any atom is 0.179 e. The lowest BCUT2D eigenvalue weighted by atomic mass is 9.97. The Kier molecular flexibility index (Phi) is 1.54. The van der Waals surface area contributed by atoms with Crippen LogP contribution in [0.25, 0.3) is 0 Å². The molecule has 0 saturated heterocycles. The van der Waals surface area contributed by atoms with Crippen LogP contribution in [0.1, 0.15) is 26.0 Å². The topological polar surface area (TPSA) is 0 Å². The maximum absolute atomic E-state index is 8.98. The van der Waals surface area contributed by atoms with Crippen molar-refractivity contribution in [3.8, 4) is 0 Å². The quantitative estimate of drug-likeness (QED) is 0.383. The van der Waals surface area contributed by atoms with Gasteiger partial charge in [0.25, 0.3) is 0 Å². The Morgan fingerprint density at radius 1 is 0.500 bits per heavy atom. The van der Waals surface area contributed by atoms with E-state index >= 15 is 0 Å². The minimum Gasteiger partial charge on any atom is -0.0967 e. The Bertz CT molecular complexity index is 1570. The van der Waals surface area contributed by atoms with Crippen molar-refractivity contribution in [1.29, 1.82) is 0 Å². The van der Waals surface area contributed by atoms with Crippen molar-refractivity contribution in [3.05, 3.63) is 115 Å². The Morgan fingerprint density at radius 2 is 0.885 bits per heavy atom. The summed E-state index contributed by atoms with van der Waals surface area (Å²) >= 11 is 0. The smallest absolute Gasteiger partial charge is 0.0967 e. The molecule has 0 nitrogen and oxygen atoms in total. The Morgan fingerprint density at radius 3 is 1.31 bits per heavy atom. The van der Waals surface area contributed by atoms with Crippen LogP contribution in [-0.2, 0) is 0 Å². The zero-order valence-corrected chi connectivity index (χ0v) is 14.1. The van der Waals surface area contributed by atoms with Crippen LogP contribution < -0.4 is 26.2 Å². The highest BCUT2D eigenvalue weighted by Gasteiger charge is 2.41. The zero-order chi connectivity index (χ0) is 34.4. The SMILES string of the molecule is [2H]c1c([2H])c([2H])c([Si](c2c([2H])c([2H])c([2H])c([2H])c2[2H])(c2c([2H])c([2H])c([2H])c([2H])c2[2H])c2c([2H])c([2H])c([2H])c([B])c2[2H])c([2H])c1[2H]. The lowest BCUT2D eigenvalue weighted by molar-refractivity contribution is 1.67. The van der Waals surface area contributed by atoms with Crippen molar-refractivity contribution < 1.29 is 26.0 Å². The van der Waals surface area contributed by atoms with Crippen molar-refractivity contribution in [3.63, 3.8) is 0 Å². The van der Waals surface area contributed by atoms with Gasteiger partial charge in [-0.1, -0.05) is 120 Å². The summed E-state index contributed by atoms with van der Waals surface area (Å²) in [4.78, 5) is 0. The lowest BCUT2D eigenvalue weighted by Gasteiger charge is -2.34. The van der Waals surface area contributed by atoms with E-state index in [9.17, 15) is 0 Å². The summed E-state index contributed by atoms with van der Waals surface area (Å²) < 4.78 is 163. The van der Waals surface area contributed by atoms with Crippen molar-refractivity contribution in [2.45, 2.75) is 0 Å². The molecule has 0 bridgehead atoms. The fraction of sp³-hybridized carbons (Fsp3) is 0. The molecule has 4 aromatic rings. The highest BCUT2D eigenvalue weighted by molar-refractivity contribution is 7.19. The second-order valence-corrected chi connectivity index (χ2v) is 8.54. The van der Waals surface area contributed by atoms with Gasteiger partial charge in [0.1, 0.15) is 7.85 Å². The third-order valence-electron chi connectivity index (χ3n) is 3.64. The molecule has 0 aliphatic carbocycles. The molecule has 0 aliphatic rings. The van der Waals surface area contributed by atoms with Crippen LogP contribution in [0.2, 0.25) is 0 Å². The highest BCUT2D eigenvalue weighted by atomic mass is 28.3. The van der Waals surface area contributed by atoms with Gasteiger partial charge in [-0.05, 0) is 20.7 Å². The molecule has 0 saturated carbocycles. The minimum atomic E-state index is -5.75. The molecule has 4 aromatic carbocycles. The molecule has 0 aliphatic heterocycles. The summed E-state index contributed by atoms with van der Waals surface area (Å²) in [6.07, 6.45) is 0. The largest absolute Gasteiger partial charge is 0.179 e. The van der Waals surface area contributed by atoms with E-state index < -0.39 is 149 Å². The zero-order valence-electron chi connectivity index (χ0n) is 32.1. The first kappa shape index (κ1) is 5.58. The molecule has 0 spiro atoms. The molecule has 4 rings (SSSR count). The van der Waals surface area contributed by atoms with Gasteiger partial charge in [-0.15, -0.1) is 0 Å². The van der Waals surface area contributed by atoms with E-state index in [1.807, 2.05) is 0 Å². The monoisotopic (exact) mass is 365 g/mol. The fourth-order valence-electron chi connectivity index (χ4n) is 2.61. The molecular weight excluding hydrogens is 327 g/mol. The molecule has 0 heterocycles. The second-order valence-electron chi connectivity index (χ2n) is 5.04. The Labute approximate surface area is 184 Å². The standard InChI is InChI=1S/C24H19BSi/c25-20-11-10-18-24(19-20)26(21-12-4-1-5-13-21,22-14-6-2-7-15-22)23-16-8-3-9-17-23/h1-19H/i1D,2D,3D,4D,5D,6D,7D,8D,9D,10D,11D,12D,13D,14D,15D,16D,17D,18D,19D. The first-order valence-electron chi connectivity index (χ1n) is 16.8. The first-order chi connectivity index (χ1) is 20.7. The van der Waals surface area contributed by atoms with Gasteiger partial charge in [-0.2, -0.15) is 0 Å². The van der Waals surface area contributed by atoms with Gasteiger partial charge in [0.15, 0.2) is 8.07 Å². The molecule has 2 heteroatoms. The lowest BCUT2D eigenvalue weighted by Crippen LogP contribution is -2.75. The van der Waals surface area contributed by atoms with Gasteiger partial charge >= 0.3 is 0 Å². The van der Waals surface area contributed by atoms with Gasteiger partial charge in [0.2, 0.25) is 0 Å². The molecule has 0 N–H and O–H groups in total. The van der Waals surface area contributed by atoms with E-state index in [2.05, 4.69) is 0 Å². The second kappa shape index (κ2) is 7.19. The predicted molar refractivity (Wildman–Crippen MR) is 115 cm³/mol. The fourth-order valence-corrected chi connectivity index (χ4v) is 6.18. The van der Waals surface area contributed by atoms with Gasteiger partial charge in [-0.3, -0.25) is 0 Å². The molecule has 0 fully saturated rings. The summed E-state index contributed by atoms with van der Waals surface area (Å²) in [6.45, 7) is 0. The van der Waals surface area contributed by atoms with Crippen LogP contribution in [0.3, 0.4) is 0 Å². The molecule has 122 valence electrons. The summed E-state index contributed by atoms with van der Waals surface area (Å²) in [6, 6.07) is -19.2. The first-order valence-corrected chi connectivity index (χ1v) is 9.29. The van der Waals surface area contributed by atoms with Crippen LogP contribution in [0.5, 0.6) is 0 Å². The third kappa shape index (κ3) is 2.83. The summed E-state index contributed by atoms with van der Waals surface area (Å²) in [5.41, 5.74) is -0.782. The molecule has 0 unspecified atom stereocenters. The van der Waals surface area contributed by atoms with E-state index in [4.69, 9.17) is 33.9 Å². The number of rotatable bonds is 4. The molecule has 26 heavy (non-hydrogen) atoms. The van der Waals surface area contributed by atoms with Gasteiger partial charge in [-0.25, -0.2) is 0 Å². The predicted octanol–water partition coefficient (Wildman–Crippen LogP) is 1.86. The highest BCUT2D eigenvalue weighted by Crippen LogP contribution is 2.08.